The van der Waals surface area contributed by atoms with Crippen LogP contribution < -0.4 is 4.72 Å². The van der Waals surface area contributed by atoms with E-state index < -0.39 is 15.8 Å². The lowest BCUT2D eigenvalue weighted by Crippen LogP contribution is -2.21. The van der Waals surface area contributed by atoms with E-state index in [4.69, 9.17) is 0 Å². The minimum atomic E-state index is -3.40. The van der Waals surface area contributed by atoms with Crippen LogP contribution in [0.2, 0.25) is 0 Å². The Bertz CT molecular complexity index is 1280. The van der Waals surface area contributed by atoms with Crippen LogP contribution in [0.4, 0.5) is 4.39 Å². The molecule has 28 heavy (non-hydrogen) atoms. The molecule has 0 fully saturated rings. The second-order valence-corrected chi connectivity index (χ2v) is 8.28. The van der Waals surface area contributed by atoms with Crippen LogP contribution >= 0.6 is 0 Å². The van der Waals surface area contributed by atoms with Crippen molar-refractivity contribution < 1.29 is 12.8 Å². The molecule has 0 bridgehead atoms. The number of halogens is 1. The molecule has 0 saturated carbocycles. The van der Waals surface area contributed by atoms with Gasteiger partial charge in [-0.3, -0.25) is 4.68 Å². The van der Waals surface area contributed by atoms with Crippen molar-refractivity contribution in [2.45, 2.75) is 6.54 Å². The Kier molecular flexibility index (Phi) is 4.44. The van der Waals surface area contributed by atoms with E-state index in [9.17, 15) is 12.8 Å². The minimum Gasteiger partial charge on any atom is -0.323 e. The summed E-state index contributed by atoms with van der Waals surface area (Å²) in [4.78, 5) is 12.1. The lowest BCUT2D eigenvalue weighted by Gasteiger charge is -2.07. The van der Waals surface area contributed by atoms with Crippen LogP contribution in [0.5, 0.6) is 0 Å². The first-order valence-electron chi connectivity index (χ1n) is 8.37. The van der Waals surface area contributed by atoms with Gasteiger partial charge in [0, 0.05) is 37.1 Å². The molecule has 144 valence electrons. The highest BCUT2D eigenvalue weighted by molar-refractivity contribution is 7.88. The van der Waals surface area contributed by atoms with E-state index in [1.54, 1.807) is 35.3 Å². The predicted octanol–water partition coefficient (Wildman–Crippen LogP) is 2.21. The summed E-state index contributed by atoms with van der Waals surface area (Å²) in [7, 11) is -1.58. The average molecular weight is 400 g/mol. The fourth-order valence-corrected chi connectivity index (χ4v) is 3.31. The standard InChI is InChI=1S/C18H17FN6O2S/c1-25-10-13(8-21-25)17-23-16-14(5-6-20-18(16)24-17)11-3-4-12(15(19)7-11)9-22-28(2,26)27/h3-8,10,22H,9H2,1-2H3,(H,20,23,24). The van der Waals surface area contributed by atoms with Gasteiger partial charge < -0.3 is 4.98 Å². The number of sulfonamides is 1. The van der Waals surface area contributed by atoms with E-state index in [0.717, 1.165) is 17.4 Å². The van der Waals surface area contributed by atoms with Crippen molar-refractivity contribution in [2.24, 2.45) is 7.05 Å². The van der Waals surface area contributed by atoms with Crippen molar-refractivity contribution in [3.63, 3.8) is 0 Å². The molecule has 0 aliphatic carbocycles. The SMILES string of the molecule is Cn1cc(-c2nc3c(-c4ccc(CNS(C)(=O)=O)c(F)c4)ccnc3[nH]2)cn1. The van der Waals surface area contributed by atoms with Gasteiger partial charge in [0.05, 0.1) is 18.0 Å². The highest BCUT2D eigenvalue weighted by Crippen LogP contribution is 2.29. The van der Waals surface area contributed by atoms with Crippen molar-refractivity contribution in [1.29, 1.82) is 0 Å². The predicted molar refractivity (Wildman–Crippen MR) is 103 cm³/mol. The van der Waals surface area contributed by atoms with Crippen molar-refractivity contribution >= 4 is 21.2 Å². The Morgan fingerprint density at radius 2 is 2.07 bits per heavy atom. The van der Waals surface area contributed by atoms with Crippen molar-refractivity contribution in [3.8, 4) is 22.5 Å². The second-order valence-electron chi connectivity index (χ2n) is 6.44. The summed E-state index contributed by atoms with van der Waals surface area (Å²) in [6.07, 6.45) is 6.19. The highest BCUT2D eigenvalue weighted by Gasteiger charge is 2.14. The van der Waals surface area contributed by atoms with E-state index in [0.29, 0.717) is 22.6 Å². The molecule has 0 unspecified atom stereocenters. The molecule has 0 saturated heterocycles. The number of hydrogen-bond donors (Lipinski definition) is 2. The van der Waals surface area contributed by atoms with Gasteiger partial charge in [-0.05, 0) is 17.7 Å². The summed E-state index contributed by atoms with van der Waals surface area (Å²) < 4.78 is 40.9. The van der Waals surface area contributed by atoms with Gasteiger partial charge in [-0.25, -0.2) is 27.5 Å². The largest absolute Gasteiger partial charge is 0.323 e. The summed E-state index contributed by atoms with van der Waals surface area (Å²) in [5.74, 6) is 0.124. The van der Waals surface area contributed by atoms with Crippen LogP contribution in [-0.4, -0.2) is 39.4 Å². The molecule has 8 nitrogen and oxygen atoms in total. The van der Waals surface area contributed by atoms with E-state index in [1.165, 1.54) is 6.07 Å². The molecule has 1 aromatic carbocycles. The van der Waals surface area contributed by atoms with Gasteiger partial charge in [0.1, 0.15) is 17.2 Å². The number of aromatic amines is 1. The van der Waals surface area contributed by atoms with Crippen LogP contribution in [-0.2, 0) is 23.6 Å². The molecule has 10 heteroatoms. The molecular weight excluding hydrogens is 383 g/mol. The molecule has 3 heterocycles. The molecular formula is C18H17FN6O2S. The summed E-state index contributed by atoms with van der Waals surface area (Å²) in [5.41, 5.74) is 3.62. The molecule has 4 aromatic rings. The van der Waals surface area contributed by atoms with Gasteiger partial charge in [-0.1, -0.05) is 12.1 Å². The van der Waals surface area contributed by atoms with Crippen molar-refractivity contribution in [3.05, 3.63) is 54.2 Å². The zero-order valence-corrected chi connectivity index (χ0v) is 16.0. The van der Waals surface area contributed by atoms with E-state index in [1.807, 2.05) is 13.2 Å². The summed E-state index contributed by atoms with van der Waals surface area (Å²) in [6.45, 7) is -0.107. The third kappa shape index (κ3) is 3.64. The number of rotatable bonds is 5. The number of hydrogen-bond acceptors (Lipinski definition) is 5. The second kappa shape index (κ2) is 6.80. The lowest BCUT2D eigenvalue weighted by molar-refractivity contribution is 0.579. The third-order valence-corrected chi connectivity index (χ3v) is 4.92. The topological polar surface area (TPSA) is 106 Å². The first kappa shape index (κ1) is 18.3. The Balaban J connectivity index is 1.72. The van der Waals surface area contributed by atoms with Gasteiger partial charge >= 0.3 is 0 Å². The molecule has 0 amide bonds. The minimum absolute atomic E-state index is 0.107. The summed E-state index contributed by atoms with van der Waals surface area (Å²) in [6, 6.07) is 6.42. The van der Waals surface area contributed by atoms with Gasteiger partial charge in [0.25, 0.3) is 0 Å². The molecule has 0 spiro atoms. The fraction of sp³-hybridized carbons (Fsp3) is 0.167. The number of aryl methyl sites for hydroxylation is 1. The number of fused-ring (bicyclic) bond motifs is 1. The monoisotopic (exact) mass is 400 g/mol. The van der Waals surface area contributed by atoms with E-state index in [-0.39, 0.29) is 12.1 Å². The molecule has 0 atom stereocenters. The lowest BCUT2D eigenvalue weighted by atomic mass is 10.0. The van der Waals surface area contributed by atoms with Crippen LogP contribution in [0.25, 0.3) is 33.7 Å². The Morgan fingerprint density at radius 1 is 1.25 bits per heavy atom. The number of nitrogens with zero attached hydrogens (tertiary/aromatic N) is 4. The summed E-state index contributed by atoms with van der Waals surface area (Å²) >= 11 is 0. The number of aromatic nitrogens is 5. The molecule has 0 radical (unpaired) electrons. The van der Waals surface area contributed by atoms with Crippen LogP contribution in [0, 0.1) is 5.82 Å². The molecule has 0 aliphatic rings. The zero-order chi connectivity index (χ0) is 19.9. The maximum atomic E-state index is 14.5. The quantitative estimate of drug-likeness (QED) is 0.534. The molecule has 4 rings (SSSR count). The normalized spacial score (nSPS) is 12.0. The maximum absolute atomic E-state index is 14.5. The van der Waals surface area contributed by atoms with Crippen LogP contribution in [0.15, 0.2) is 42.9 Å². The fourth-order valence-electron chi connectivity index (χ4n) is 2.89. The zero-order valence-electron chi connectivity index (χ0n) is 15.1. The van der Waals surface area contributed by atoms with Gasteiger partial charge in [0.15, 0.2) is 5.65 Å². The molecule has 2 N–H and O–H groups in total. The molecule has 3 aromatic heterocycles. The first-order chi connectivity index (χ1) is 13.3. The van der Waals surface area contributed by atoms with Gasteiger partial charge in [-0.15, -0.1) is 0 Å². The average Bonchev–Trinajstić information content (AvgIpc) is 3.25. The van der Waals surface area contributed by atoms with Crippen molar-refractivity contribution in [1.82, 2.24) is 29.5 Å². The van der Waals surface area contributed by atoms with E-state index >= 15 is 0 Å². The van der Waals surface area contributed by atoms with Crippen LogP contribution in [0.1, 0.15) is 5.56 Å². The highest BCUT2D eigenvalue weighted by atomic mass is 32.2. The Morgan fingerprint density at radius 3 is 2.75 bits per heavy atom. The number of pyridine rings is 1. The Labute approximate surface area is 160 Å². The molecule has 0 aliphatic heterocycles. The Hall–Kier alpha value is -3.11. The maximum Gasteiger partial charge on any atom is 0.209 e. The van der Waals surface area contributed by atoms with Gasteiger partial charge in [-0.2, -0.15) is 5.10 Å². The number of nitrogens with one attached hydrogen (secondary N) is 2. The number of imidazole rings is 1. The number of H-pyrrole nitrogens is 1. The van der Waals surface area contributed by atoms with E-state index in [2.05, 4.69) is 24.8 Å². The van der Waals surface area contributed by atoms with Crippen molar-refractivity contribution in [2.75, 3.05) is 6.26 Å². The first-order valence-corrected chi connectivity index (χ1v) is 10.3. The smallest absolute Gasteiger partial charge is 0.209 e. The van der Waals surface area contributed by atoms with Gasteiger partial charge in [0.2, 0.25) is 10.0 Å². The summed E-state index contributed by atoms with van der Waals surface area (Å²) in [5, 5.41) is 4.14. The third-order valence-electron chi connectivity index (χ3n) is 4.25. The number of benzene rings is 1. The van der Waals surface area contributed by atoms with Crippen LogP contribution in [0.3, 0.4) is 0 Å².